The molecule has 1 aromatic heterocycles. The van der Waals surface area contributed by atoms with E-state index >= 15 is 0 Å². The summed E-state index contributed by atoms with van der Waals surface area (Å²) in [6.45, 7) is 10.7. The Morgan fingerprint density at radius 1 is 1.10 bits per heavy atom. The van der Waals surface area contributed by atoms with Crippen LogP contribution in [0.2, 0.25) is 0 Å². The molecule has 0 saturated heterocycles. The molecule has 21 heavy (non-hydrogen) atoms. The van der Waals surface area contributed by atoms with Gasteiger partial charge in [-0.25, -0.2) is 4.98 Å². The molecule has 0 spiro atoms. The van der Waals surface area contributed by atoms with E-state index in [0.29, 0.717) is 18.0 Å². The molecule has 0 aliphatic carbocycles. The second kappa shape index (κ2) is 6.72. The molecular formula is C16H25N5. The van der Waals surface area contributed by atoms with Crippen LogP contribution in [0.25, 0.3) is 10.9 Å². The van der Waals surface area contributed by atoms with Gasteiger partial charge in [-0.2, -0.15) is 4.98 Å². The second-order valence-electron chi connectivity index (χ2n) is 5.80. The molecule has 0 amide bonds. The zero-order valence-electron chi connectivity index (χ0n) is 13.3. The monoisotopic (exact) mass is 287 g/mol. The minimum atomic E-state index is 0.306. The van der Waals surface area contributed by atoms with Gasteiger partial charge in [0.2, 0.25) is 5.95 Å². The summed E-state index contributed by atoms with van der Waals surface area (Å²) < 4.78 is 0. The number of rotatable bonds is 6. The molecule has 5 nitrogen and oxygen atoms in total. The Morgan fingerprint density at radius 2 is 1.76 bits per heavy atom. The molecule has 0 atom stereocenters. The van der Waals surface area contributed by atoms with Gasteiger partial charge in [-0.15, -0.1) is 0 Å². The van der Waals surface area contributed by atoms with Gasteiger partial charge in [0.25, 0.3) is 0 Å². The number of hydrogen-bond donors (Lipinski definition) is 2. The van der Waals surface area contributed by atoms with Gasteiger partial charge in [-0.05, 0) is 39.8 Å². The van der Waals surface area contributed by atoms with Crippen LogP contribution in [0, 0.1) is 0 Å². The molecule has 0 radical (unpaired) electrons. The Bertz CT molecular complexity index is 586. The summed E-state index contributed by atoms with van der Waals surface area (Å²) in [6.07, 6.45) is 0. The number of hydrogen-bond acceptors (Lipinski definition) is 5. The fourth-order valence-electron chi connectivity index (χ4n) is 2.65. The van der Waals surface area contributed by atoms with E-state index in [4.69, 9.17) is 5.73 Å². The zero-order chi connectivity index (χ0) is 15.4. The first-order valence-electron chi connectivity index (χ1n) is 7.51. The summed E-state index contributed by atoms with van der Waals surface area (Å²) in [5, 5.41) is 4.40. The van der Waals surface area contributed by atoms with Gasteiger partial charge in [0, 0.05) is 30.6 Å². The highest BCUT2D eigenvalue weighted by Gasteiger charge is 2.13. The van der Waals surface area contributed by atoms with Crippen molar-refractivity contribution < 1.29 is 0 Å². The highest BCUT2D eigenvalue weighted by Crippen LogP contribution is 2.20. The van der Waals surface area contributed by atoms with E-state index < -0.39 is 0 Å². The average Bonchev–Trinajstić information content (AvgIpc) is 2.42. The molecule has 0 aliphatic rings. The van der Waals surface area contributed by atoms with Crippen molar-refractivity contribution >= 4 is 22.7 Å². The van der Waals surface area contributed by atoms with Crippen molar-refractivity contribution in [1.29, 1.82) is 0 Å². The van der Waals surface area contributed by atoms with Crippen LogP contribution in [-0.4, -0.2) is 40.0 Å². The van der Waals surface area contributed by atoms with Crippen LogP contribution in [0.5, 0.6) is 0 Å². The van der Waals surface area contributed by atoms with Gasteiger partial charge in [0.15, 0.2) is 0 Å². The highest BCUT2D eigenvalue weighted by atomic mass is 15.2. The molecule has 0 unspecified atom stereocenters. The van der Waals surface area contributed by atoms with Gasteiger partial charge < -0.3 is 11.1 Å². The van der Waals surface area contributed by atoms with Gasteiger partial charge in [-0.3, -0.25) is 4.90 Å². The SMILES string of the molecule is CC(C)N(CCNc1nc(N)nc2ccccc12)C(C)C. The molecule has 1 aromatic carbocycles. The Balaban J connectivity index is 2.10. The fourth-order valence-corrected chi connectivity index (χ4v) is 2.65. The fraction of sp³-hybridized carbons (Fsp3) is 0.500. The van der Waals surface area contributed by atoms with Crippen LogP contribution in [0.3, 0.4) is 0 Å². The molecular weight excluding hydrogens is 262 g/mol. The van der Waals surface area contributed by atoms with E-state index in [1.54, 1.807) is 0 Å². The number of anilines is 2. The molecule has 5 heteroatoms. The topological polar surface area (TPSA) is 67.1 Å². The lowest BCUT2D eigenvalue weighted by molar-refractivity contribution is 0.182. The molecule has 2 aromatic rings. The van der Waals surface area contributed by atoms with Gasteiger partial charge in [0.1, 0.15) is 5.82 Å². The molecule has 114 valence electrons. The van der Waals surface area contributed by atoms with Crippen LogP contribution in [0.1, 0.15) is 27.7 Å². The zero-order valence-corrected chi connectivity index (χ0v) is 13.3. The lowest BCUT2D eigenvalue weighted by Crippen LogP contribution is -2.40. The largest absolute Gasteiger partial charge is 0.368 e. The molecule has 1 heterocycles. The van der Waals surface area contributed by atoms with Crippen LogP contribution in [-0.2, 0) is 0 Å². The minimum Gasteiger partial charge on any atom is -0.368 e. The third-order valence-corrected chi connectivity index (χ3v) is 3.61. The molecule has 0 fully saturated rings. The normalized spacial score (nSPS) is 11.8. The van der Waals surface area contributed by atoms with E-state index in [2.05, 4.69) is 47.9 Å². The molecule has 2 rings (SSSR count). The van der Waals surface area contributed by atoms with Crippen LogP contribution >= 0.6 is 0 Å². The smallest absolute Gasteiger partial charge is 0.222 e. The first-order valence-corrected chi connectivity index (χ1v) is 7.51. The van der Waals surface area contributed by atoms with E-state index in [9.17, 15) is 0 Å². The average molecular weight is 287 g/mol. The summed E-state index contributed by atoms with van der Waals surface area (Å²) in [4.78, 5) is 11.0. The lowest BCUT2D eigenvalue weighted by atomic mass is 10.2. The standard InChI is InChI=1S/C16H25N5/c1-11(2)21(12(3)4)10-9-18-15-13-7-5-6-8-14(13)19-16(17)20-15/h5-8,11-12H,9-10H2,1-4H3,(H3,17,18,19,20). The first-order chi connectivity index (χ1) is 9.99. The molecule has 3 N–H and O–H groups in total. The number of nitrogens with zero attached hydrogens (tertiary/aromatic N) is 3. The summed E-state index contributed by atoms with van der Waals surface area (Å²) in [5.74, 6) is 1.12. The summed E-state index contributed by atoms with van der Waals surface area (Å²) >= 11 is 0. The van der Waals surface area contributed by atoms with Crippen molar-refractivity contribution in [2.75, 3.05) is 24.1 Å². The number of nitrogen functional groups attached to an aromatic ring is 1. The highest BCUT2D eigenvalue weighted by molar-refractivity contribution is 5.89. The van der Waals surface area contributed by atoms with Crippen LogP contribution in [0.15, 0.2) is 24.3 Å². The number of nitrogens with one attached hydrogen (secondary N) is 1. The molecule has 0 bridgehead atoms. The van der Waals surface area contributed by atoms with Crippen LogP contribution in [0.4, 0.5) is 11.8 Å². The number of nitrogens with two attached hydrogens (primary N) is 1. The molecule has 0 aliphatic heterocycles. The van der Waals surface area contributed by atoms with E-state index in [0.717, 1.165) is 29.8 Å². The quantitative estimate of drug-likeness (QED) is 0.855. The number of fused-ring (bicyclic) bond motifs is 1. The summed E-state index contributed by atoms with van der Waals surface area (Å²) in [7, 11) is 0. The first kappa shape index (κ1) is 15.5. The van der Waals surface area contributed by atoms with E-state index in [1.165, 1.54) is 0 Å². The lowest BCUT2D eigenvalue weighted by Gasteiger charge is -2.30. The Labute approximate surface area is 126 Å². The summed E-state index contributed by atoms with van der Waals surface area (Å²) in [5.41, 5.74) is 6.65. The van der Waals surface area contributed by atoms with Gasteiger partial charge in [-0.1, -0.05) is 12.1 Å². The number of para-hydroxylation sites is 1. The third kappa shape index (κ3) is 3.82. The van der Waals surface area contributed by atoms with Crippen molar-refractivity contribution in [3.63, 3.8) is 0 Å². The maximum atomic E-state index is 5.78. The Hall–Kier alpha value is -1.88. The van der Waals surface area contributed by atoms with Crippen molar-refractivity contribution in [3.8, 4) is 0 Å². The van der Waals surface area contributed by atoms with Crippen LogP contribution < -0.4 is 11.1 Å². The van der Waals surface area contributed by atoms with Gasteiger partial charge >= 0.3 is 0 Å². The van der Waals surface area contributed by atoms with Crippen molar-refractivity contribution in [3.05, 3.63) is 24.3 Å². The predicted octanol–water partition coefficient (Wildman–Crippen LogP) is 2.74. The minimum absolute atomic E-state index is 0.306. The van der Waals surface area contributed by atoms with Gasteiger partial charge in [0.05, 0.1) is 5.52 Å². The Morgan fingerprint density at radius 3 is 2.43 bits per heavy atom. The van der Waals surface area contributed by atoms with E-state index in [1.807, 2.05) is 24.3 Å². The number of aromatic nitrogens is 2. The predicted molar refractivity (Wildman–Crippen MR) is 89.4 cm³/mol. The number of benzene rings is 1. The van der Waals surface area contributed by atoms with Crippen molar-refractivity contribution in [2.24, 2.45) is 0 Å². The Kier molecular flexibility index (Phi) is 4.96. The maximum absolute atomic E-state index is 5.78. The van der Waals surface area contributed by atoms with Crippen molar-refractivity contribution in [1.82, 2.24) is 14.9 Å². The molecule has 0 saturated carbocycles. The van der Waals surface area contributed by atoms with E-state index in [-0.39, 0.29) is 0 Å². The third-order valence-electron chi connectivity index (χ3n) is 3.61. The maximum Gasteiger partial charge on any atom is 0.222 e. The second-order valence-corrected chi connectivity index (χ2v) is 5.80. The van der Waals surface area contributed by atoms with Crippen molar-refractivity contribution in [2.45, 2.75) is 39.8 Å². The summed E-state index contributed by atoms with van der Waals surface area (Å²) in [6, 6.07) is 8.96.